The van der Waals surface area contributed by atoms with Gasteiger partial charge >= 0.3 is 5.97 Å². The van der Waals surface area contributed by atoms with Gasteiger partial charge in [-0.1, -0.05) is 5.21 Å². The molecule has 3 aromatic rings. The van der Waals surface area contributed by atoms with Crippen molar-refractivity contribution in [2.45, 2.75) is 32.9 Å². The maximum atomic E-state index is 14.6. The van der Waals surface area contributed by atoms with Gasteiger partial charge in [-0.2, -0.15) is 0 Å². The molecule has 3 heterocycles. The molecule has 0 N–H and O–H groups in total. The van der Waals surface area contributed by atoms with E-state index >= 15 is 0 Å². The number of halogens is 2. The normalized spacial score (nSPS) is 14.9. The fraction of sp³-hybridized carbons (Fsp3) is 0.364. The van der Waals surface area contributed by atoms with Crippen molar-refractivity contribution in [2.75, 3.05) is 13.2 Å². The quantitative estimate of drug-likeness (QED) is 0.581. The zero-order valence-corrected chi connectivity index (χ0v) is 17.6. The summed E-state index contributed by atoms with van der Waals surface area (Å²) in [5, 5.41) is 7.94. The minimum absolute atomic E-state index is 0.0206. The lowest BCUT2D eigenvalue weighted by Gasteiger charge is -2.34. The molecule has 0 radical (unpaired) electrons. The third kappa shape index (κ3) is 4.05. The molecule has 0 saturated carbocycles. The van der Waals surface area contributed by atoms with Gasteiger partial charge in [-0.15, -0.1) is 5.10 Å². The summed E-state index contributed by atoms with van der Waals surface area (Å²) in [5.41, 5.74) is 3.37. The van der Waals surface area contributed by atoms with Crippen molar-refractivity contribution in [3.63, 3.8) is 0 Å². The lowest BCUT2D eigenvalue weighted by Crippen LogP contribution is -2.35. The highest BCUT2D eigenvalue weighted by molar-refractivity contribution is 5.89. The zero-order chi connectivity index (χ0) is 22.1. The molecule has 1 aliphatic rings. The van der Waals surface area contributed by atoms with Crippen LogP contribution in [0.3, 0.4) is 0 Å². The molecule has 31 heavy (non-hydrogen) atoms. The van der Waals surface area contributed by atoms with Gasteiger partial charge < -0.3 is 4.74 Å². The largest absolute Gasteiger partial charge is 0.461 e. The SMILES string of the molecule is CCOC(=O)c1cc(-c2ccc(F)cc2F)c2c(n1)CN(C(C)c1cnnn1C)CC2. The molecule has 1 atom stereocenters. The number of carbonyl (C=O) groups is 1. The van der Waals surface area contributed by atoms with E-state index in [2.05, 4.69) is 27.1 Å². The van der Waals surface area contributed by atoms with Crippen LogP contribution in [-0.2, 0) is 24.8 Å². The number of rotatable bonds is 5. The number of fused-ring (bicyclic) bond motifs is 1. The van der Waals surface area contributed by atoms with Crippen LogP contribution < -0.4 is 0 Å². The highest BCUT2D eigenvalue weighted by Crippen LogP contribution is 2.34. The Balaban J connectivity index is 1.77. The Labute approximate surface area is 178 Å². The Morgan fingerprint density at radius 3 is 2.74 bits per heavy atom. The summed E-state index contributed by atoms with van der Waals surface area (Å²) in [7, 11) is 1.84. The molecule has 0 amide bonds. The van der Waals surface area contributed by atoms with Crippen LogP contribution in [0.5, 0.6) is 0 Å². The molecule has 1 aliphatic heterocycles. The van der Waals surface area contributed by atoms with E-state index in [1.807, 2.05) is 7.05 Å². The van der Waals surface area contributed by atoms with E-state index in [1.165, 1.54) is 18.2 Å². The average Bonchev–Trinajstić information content (AvgIpc) is 3.18. The van der Waals surface area contributed by atoms with Crippen molar-refractivity contribution in [2.24, 2.45) is 7.05 Å². The predicted molar refractivity (Wildman–Crippen MR) is 109 cm³/mol. The van der Waals surface area contributed by atoms with Gasteiger partial charge in [-0.05, 0) is 49.6 Å². The molecule has 9 heteroatoms. The van der Waals surface area contributed by atoms with Crippen LogP contribution in [0.15, 0.2) is 30.5 Å². The maximum absolute atomic E-state index is 14.6. The second-order valence-electron chi connectivity index (χ2n) is 7.50. The van der Waals surface area contributed by atoms with Crippen molar-refractivity contribution < 1.29 is 18.3 Å². The van der Waals surface area contributed by atoms with E-state index in [0.29, 0.717) is 30.8 Å². The Morgan fingerprint density at radius 2 is 2.06 bits per heavy atom. The van der Waals surface area contributed by atoms with Crippen LogP contribution in [0.2, 0.25) is 0 Å². The lowest BCUT2D eigenvalue weighted by atomic mass is 9.92. The van der Waals surface area contributed by atoms with Gasteiger partial charge in [0.15, 0.2) is 0 Å². The van der Waals surface area contributed by atoms with E-state index in [1.54, 1.807) is 17.8 Å². The monoisotopic (exact) mass is 427 g/mol. The van der Waals surface area contributed by atoms with Gasteiger partial charge in [0.2, 0.25) is 0 Å². The second kappa shape index (κ2) is 8.50. The molecular weight excluding hydrogens is 404 g/mol. The first kappa shape index (κ1) is 21.0. The molecule has 0 spiro atoms. The fourth-order valence-electron chi connectivity index (χ4n) is 4.01. The molecule has 1 aromatic carbocycles. The summed E-state index contributed by atoms with van der Waals surface area (Å²) in [6.45, 7) is 5.14. The predicted octanol–water partition coefficient (Wildman–Crippen LogP) is 3.45. The number of pyridine rings is 1. The fourth-order valence-corrected chi connectivity index (χ4v) is 4.01. The van der Waals surface area contributed by atoms with Gasteiger partial charge in [0, 0.05) is 31.8 Å². The van der Waals surface area contributed by atoms with Gasteiger partial charge in [0.05, 0.1) is 30.2 Å². The molecule has 7 nitrogen and oxygen atoms in total. The second-order valence-corrected chi connectivity index (χ2v) is 7.50. The first-order chi connectivity index (χ1) is 14.9. The molecule has 0 aliphatic carbocycles. The number of hydrogen-bond acceptors (Lipinski definition) is 6. The van der Waals surface area contributed by atoms with Crippen LogP contribution in [0.4, 0.5) is 8.78 Å². The number of ether oxygens (including phenoxy) is 1. The lowest BCUT2D eigenvalue weighted by molar-refractivity contribution is 0.0518. The summed E-state index contributed by atoms with van der Waals surface area (Å²) in [4.78, 5) is 19.2. The zero-order valence-electron chi connectivity index (χ0n) is 17.6. The smallest absolute Gasteiger partial charge is 0.356 e. The van der Waals surface area contributed by atoms with Crippen LogP contribution in [0.1, 0.15) is 47.3 Å². The Hall–Kier alpha value is -3.20. The number of aryl methyl sites for hydroxylation is 1. The van der Waals surface area contributed by atoms with E-state index < -0.39 is 17.6 Å². The van der Waals surface area contributed by atoms with Crippen molar-refractivity contribution in [3.05, 3.63) is 64.7 Å². The number of hydrogen-bond donors (Lipinski definition) is 0. The molecule has 2 aromatic heterocycles. The molecule has 0 bridgehead atoms. The Morgan fingerprint density at radius 1 is 1.26 bits per heavy atom. The van der Waals surface area contributed by atoms with Crippen LogP contribution in [0.25, 0.3) is 11.1 Å². The van der Waals surface area contributed by atoms with E-state index in [9.17, 15) is 13.6 Å². The molecule has 162 valence electrons. The standard InChI is InChI=1S/C22H23F2N5O2/c1-4-31-22(30)19-10-17(15-6-5-14(23)9-18(15)24)16-7-8-29(12-20(16)26-19)13(2)21-11-25-27-28(21)3/h5-6,9-11,13H,4,7-8,12H2,1-3H3. The summed E-state index contributed by atoms with van der Waals surface area (Å²) in [6, 6.07) is 5.01. The van der Waals surface area contributed by atoms with E-state index in [4.69, 9.17) is 4.74 Å². The number of carbonyl (C=O) groups excluding carboxylic acids is 1. The van der Waals surface area contributed by atoms with Crippen molar-refractivity contribution in [1.29, 1.82) is 0 Å². The molecular formula is C22H23F2N5O2. The minimum Gasteiger partial charge on any atom is -0.461 e. The minimum atomic E-state index is -0.681. The third-order valence-corrected chi connectivity index (χ3v) is 5.64. The Kier molecular flexibility index (Phi) is 5.77. The molecule has 1 unspecified atom stereocenters. The van der Waals surface area contributed by atoms with Gasteiger partial charge in [-0.3, -0.25) is 9.58 Å². The summed E-state index contributed by atoms with van der Waals surface area (Å²) >= 11 is 0. The molecule has 4 rings (SSSR count). The third-order valence-electron chi connectivity index (χ3n) is 5.64. The molecule has 0 saturated heterocycles. The van der Waals surface area contributed by atoms with Gasteiger partial charge in [0.25, 0.3) is 0 Å². The number of aromatic nitrogens is 4. The van der Waals surface area contributed by atoms with Gasteiger partial charge in [-0.25, -0.2) is 18.6 Å². The first-order valence-electron chi connectivity index (χ1n) is 10.1. The van der Waals surface area contributed by atoms with Crippen molar-refractivity contribution >= 4 is 5.97 Å². The maximum Gasteiger partial charge on any atom is 0.356 e. The summed E-state index contributed by atoms with van der Waals surface area (Å²) in [5.74, 6) is -1.91. The summed E-state index contributed by atoms with van der Waals surface area (Å²) < 4.78 is 34.9. The van der Waals surface area contributed by atoms with E-state index in [-0.39, 0.29) is 23.9 Å². The first-order valence-corrected chi connectivity index (χ1v) is 10.1. The molecule has 0 fully saturated rings. The average molecular weight is 427 g/mol. The highest BCUT2D eigenvalue weighted by atomic mass is 19.1. The van der Waals surface area contributed by atoms with E-state index in [0.717, 1.165) is 17.3 Å². The van der Waals surface area contributed by atoms with Crippen LogP contribution in [0, 0.1) is 11.6 Å². The van der Waals surface area contributed by atoms with Crippen LogP contribution in [-0.4, -0.2) is 44.0 Å². The number of benzene rings is 1. The number of esters is 1. The Bertz CT molecular complexity index is 1130. The highest BCUT2D eigenvalue weighted by Gasteiger charge is 2.28. The van der Waals surface area contributed by atoms with Crippen LogP contribution >= 0.6 is 0 Å². The topological polar surface area (TPSA) is 73.1 Å². The van der Waals surface area contributed by atoms with Crippen molar-refractivity contribution in [3.8, 4) is 11.1 Å². The summed E-state index contributed by atoms with van der Waals surface area (Å²) in [6.07, 6.45) is 2.33. The van der Waals surface area contributed by atoms with Gasteiger partial charge in [0.1, 0.15) is 17.3 Å². The number of nitrogens with zero attached hydrogens (tertiary/aromatic N) is 5. The van der Waals surface area contributed by atoms with Crippen molar-refractivity contribution in [1.82, 2.24) is 24.9 Å².